The van der Waals surface area contributed by atoms with Crippen LogP contribution in [0.1, 0.15) is 24.7 Å². The summed E-state index contributed by atoms with van der Waals surface area (Å²) >= 11 is 3.43. The Bertz CT molecular complexity index is 546. The van der Waals surface area contributed by atoms with Crippen LogP contribution in [0.5, 0.6) is 5.75 Å². The molecular formula is C16H19BrN2O. The van der Waals surface area contributed by atoms with Crippen molar-refractivity contribution in [2.75, 3.05) is 6.54 Å². The zero-order valence-corrected chi connectivity index (χ0v) is 13.2. The minimum atomic E-state index is 0.484. The summed E-state index contributed by atoms with van der Waals surface area (Å²) in [6.07, 6.45) is 1.13. The molecule has 0 amide bonds. The highest BCUT2D eigenvalue weighted by molar-refractivity contribution is 9.10. The fourth-order valence-electron chi connectivity index (χ4n) is 1.82. The highest BCUT2D eigenvalue weighted by atomic mass is 79.9. The van der Waals surface area contributed by atoms with Crippen LogP contribution in [0.3, 0.4) is 0 Å². The van der Waals surface area contributed by atoms with Crippen LogP contribution in [-0.2, 0) is 13.2 Å². The first-order valence-corrected chi connectivity index (χ1v) is 7.61. The maximum atomic E-state index is 5.74. The van der Waals surface area contributed by atoms with Crippen LogP contribution in [0.4, 0.5) is 0 Å². The minimum absolute atomic E-state index is 0.484. The standard InChI is InChI=1S/C16H19BrN2O/c1-2-9-18-11-14-6-4-7-15(19-14)12-20-16-8-3-5-13(17)10-16/h3-8,10,18H,2,9,11-12H2,1H3. The highest BCUT2D eigenvalue weighted by Gasteiger charge is 2.00. The van der Waals surface area contributed by atoms with E-state index in [4.69, 9.17) is 4.74 Å². The molecule has 0 aliphatic heterocycles. The van der Waals surface area contributed by atoms with Crippen LogP contribution in [-0.4, -0.2) is 11.5 Å². The second kappa shape index (κ2) is 8.02. The topological polar surface area (TPSA) is 34.1 Å². The van der Waals surface area contributed by atoms with Gasteiger partial charge in [-0.3, -0.25) is 4.98 Å². The summed E-state index contributed by atoms with van der Waals surface area (Å²) in [5.41, 5.74) is 1.99. The Morgan fingerprint density at radius 1 is 1.15 bits per heavy atom. The van der Waals surface area contributed by atoms with E-state index in [0.717, 1.165) is 41.1 Å². The molecule has 0 radical (unpaired) electrons. The Labute approximate surface area is 128 Å². The number of nitrogens with one attached hydrogen (secondary N) is 1. The van der Waals surface area contributed by atoms with E-state index in [-0.39, 0.29) is 0 Å². The summed E-state index contributed by atoms with van der Waals surface area (Å²) < 4.78 is 6.75. The largest absolute Gasteiger partial charge is 0.487 e. The maximum Gasteiger partial charge on any atom is 0.130 e. The molecular weight excluding hydrogens is 316 g/mol. The van der Waals surface area contributed by atoms with E-state index in [1.54, 1.807) is 0 Å². The van der Waals surface area contributed by atoms with Gasteiger partial charge in [-0.1, -0.05) is 35.0 Å². The number of hydrogen-bond acceptors (Lipinski definition) is 3. The number of benzene rings is 1. The van der Waals surface area contributed by atoms with Crippen LogP contribution in [0, 0.1) is 0 Å². The third-order valence-corrected chi connectivity index (χ3v) is 3.27. The summed E-state index contributed by atoms with van der Waals surface area (Å²) in [5.74, 6) is 0.843. The number of nitrogens with zero attached hydrogens (tertiary/aromatic N) is 1. The SMILES string of the molecule is CCCNCc1cccc(COc2cccc(Br)c2)n1. The van der Waals surface area contributed by atoms with Crippen molar-refractivity contribution in [1.82, 2.24) is 10.3 Å². The van der Waals surface area contributed by atoms with Crippen LogP contribution in [0.25, 0.3) is 0 Å². The molecule has 3 nitrogen and oxygen atoms in total. The Kier molecular flexibility index (Phi) is 6.02. The van der Waals surface area contributed by atoms with Crippen molar-refractivity contribution in [3.05, 3.63) is 58.3 Å². The first-order valence-electron chi connectivity index (χ1n) is 6.82. The maximum absolute atomic E-state index is 5.74. The van der Waals surface area contributed by atoms with Gasteiger partial charge in [-0.2, -0.15) is 0 Å². The molecule has 20 heavy (non-hydrogen) atoms. The van der Waals surface area contributed by atoms with Crippen molar-refractivity contribution >= 4 is 15.9 Å². The molecule has 0 saturated carbocycles. The molecule has 0 spiro atoms. The lowest BCUT2D eigenvalue weighted by atomic mass is 10.3. The van der Waals surface area contributed by atoms with Gasteiger partial charge < -0.3 is 10.1 Å². The molecule has 0 unspecified atom stereocenters. The molecule has 1 heterocycles. The van der Waals surface area contributed by atoms with Gasteiger partial charge in [0, 0.05) is 11.0 Å². The van der Waals surface area contributed by atoms with Gasteiger partial charge in [-0.25, -0.2) is 0 Å². The van der Waals surface area contributed by atoms with Gasteiger partial charge in [0.25, 0.3) is 0 Å². The molecule has 1 aromatic carbocycles. The fourth-order valence-corrected chi connectivity index (χ4v) is 2.19. The van der Waals surface area contributed by atoms with E-state index >= 15 is 0 Å². The van der Waals surface area contributed by atoms with Gasteiger partial charge in [0.15, 0.2) is 0 Å². The molecule has 4 heteroatoms. The smallest absolute Gasteiger partial charge is 0.130 e. The van der Waals surface area contributed by atoms with Gasteiger partial charge in [-0.15, -0.1) is 0 Å². The first-order chi connectivity index (χ1) is 9.78. The van der Waals surface area contributed by atoms with E-state index in [9.17, 15) is 0 Å². The number of halogens is 1. The van der Waals surface area contributed by atoms with Gasteiger partial charge in [0.05, 0.1) is 11.4 Å². The second-order valence-corrected chi connectivity index (χ2v) is 5.46. The summed E-state index contributed by atoms with van der Waals surface area (Å²) in [4.78, 5) is 4.58. The van der Waals surface area contributed by atoms with Gasteiger partial charge >= 0.3 is 0 Å². The number of pyridine rings is 1. The molecule has 0 fully saturated rings. The van der Waals surface area contributed by atoms with E-state index in [1.165, 1.54) is 0 Å². The summed E-state index contributed by atoms with van der Waals surface area (Å²) in [6.45, 7) is 4.46. The van der Waals surface area contributed by atoms with Crippen LogP contribution >= 0.6 is 15.9 Å². The first kappa shape index (κ1) is 15.0. The molecule has 106 valence electrons. The zero-order chi connectivity index (χ0) is 14.2. The summed E-state index contributed by atoms with van der Waals surface area (Å²) in [6, 6.07) is 13.9. The lowest BCUT2D eigenvalue weighted by Gasteiger charge is -2.08. The normalized spacial score (nSPS) is 10.5. The predicted octanol–water partition coefficient (Wildman–Crippen LogP) is 3.92. The lowest BCUT2D eigenvalue weighted by Crippen LogP contribution is -2.15. The van der Waals surface area contributed by atoms with E-state index in [2.05, 4.69) is 33.2 Å². The number of ether oxygens (including phenoxy) is 1. The molecule has 1 N–H and O–H groups in total. The highest BCUT2D eigenvalue weighted by Crippen LogP contribution is 2.18. The Morgan fingerprint density at radius 3 is 2.75 bits per heavy atom. The van der Waals surface area contributed by atoms with Gasteiger partial charge in [-0.05, 0) is 43.3 Å². The van der Waals surface area contributed by atoms with E-state index in [1.807, 2.05) is 42.5 Å². The zero-order valence-electron chi connectivity index (χ0n) is 11.6. The van der Waals surface area contributed by atoms with Crippen molar-refractivity contribution < 1.29 is 4.74 Å². The minimum Gasteiger partial charge on any atom is -0.487 e. The van der Waals surface area contributed by atoms with Crippen LogP contribution in [0.2, 0.25) is 0 Å². The number of aromatic nitrogens is 1. The Morgan fingerprint density at radius 2 is 1.95 bits per heavy atom. The third-order valence-electron chi connectivity index (χ3n) is 2.78. The lowest BCUT2D eigenvalue weighted by molar-refractivity contribution is 0.300. The second-order valence-electron chi connectivity index (χ2n) is 4.54. The molecule has 0 bridgehead atoms. The van der Waals surface area contributed by atoms with E-state index < -0.39 is 0 Å². The molecule has 1 aromatic heterocycles. The average Bonchev–Trinajstić information content (AvgIpc) is 2.46. The van der Waals surface area contributed by atoms with Crippen LogP contribution < -0.4 is 10.1 Å². The molecule has 2 rings (SSSR count). The monoisotopic (exact) mass is 334 g/mol. The van der Waals surface area contributed by atoms with Crippen molar-refractivity contribution in [2.24, 2.45) is 0 Å². The quantitative estimate of drug-likeness (QED) is 0.779. The third kappa shape index (κ3) is 4.94. The number of rotatable bonds is 7. The van der Waals surface area contributed by atoms with Crippen molar-refractivity contribution in [2.45, 2.75) is 26.5 Å². The van der Waals surface area contributed by atoms with Crippen molar-refractivity contribution in [3.63, 3.8) is 0 Å². The molecule has 0 aliphatic carbocycles. The van der Waals surface area contributed by atoms with E-state index in [0.29, 0.717) is 6.61 Å². The predicted molar refractivity (Wildman–Crippen MR) is 84.7 cm³/mol. The van der Waals surface area contributed by atoms with Gasteiger partial charge in [0.2, 0.25) is 0 Å². The molecule has 2 aromatic rings. The molecule has 0 aliphatic rings. The molecule has 0 atom stereocenters. The molecule has 0 saturated heterocycles. The number of hydrogen-bond donors (Lipinski definition) is 1. The fraction of sp³-hybridized carbons (Fsp3) is 0.312. The summed E-state index contributed by atoms with van der Waals surface area (Å²) in [7, 11) is 0. The summed E-state index contributed by atoms with van der Waals surface area (Å²) in [5, 5.41) is 3.35. The Hall–Kier alpha value is -1.39. The van der Waals surface area contributed by atoms with Crippen LogP contribution in [0.15, 0.2) is 46.9 Å². The van der Waals surface area contributed by atoms with Crippen molar-refractivity contribution in [1.29, 1.82) is 0 Å². The Balaban J connectivity index is 1.91. The average molecular weight is 335 g/mol. The van der Waals surface area contributed by atoms with Gasteiger partial charge in [0.1, 0.15) is 12.4 Å². The van der Waals surface area contributed by atoms with Crippen molar-refractivity contribution in [3.8, 4) is 5.75 Å².